The van der Waals surface area contributed by atoms with Crippen LogP contribution < -0.4 is 4.87 Å². The second kappa shape index (κ2) is 3.34. The van der Waals surface area contributed by atoms with Gasteiger partial charge >= 0.3 is 4.87 Å². The molecule has 0 aromatic carbocycles. The zero-order chi connectivity index (χ0) is 8.43. The van der Waals surface area contributed by atoms with Gasteiger partial charge in [-0.25, -0.2) is 4.68 Å². The smallest absolute Gasteiger partial charge is 0.326 e. The summed E-state index contributed by atoms with van der Waals surface area (Å²) in [6, 6.07) is 0. The van der Waals surface area contributed by atoms with Gasteiger partial charge in [-0.2, -0.15) is 0 Å². The van der Waals surface area contributed by atoms with Crippen LogP contribution in [0.25, 0.3) is 0 Å². The predicted molar refractivity (Wildman–Crippen MR) is 43.1 cm³/mol. The molecule has 0 saturated heterocycles. The first-order chi connectivity index (χ1) is 5.09. The lowest BCUT2D eigenvalue weighted by Crippen LogP contribution is -2.21. The molecule has 1 heterocycles. The van der Waals surface area contributed by atoms with Crippen molar-refractivity contribution in [3.8, 4) is 0 Å². The van der Waals surface area contributed by atoms with Crippen molar-refractivity contribution in [1.82, 2.24) is 9.78 Å². The first-order valence-corrected chi connectivity index (χ1v) is 4.20. The summed E-state index contributed by atoms with van der Waals surface area (Å²) in [7, 11) is 0. The molecule has 1 aromatic rings. The van der Waals surface area contributed by atoms with E-state index in [0.29, 0.717) is 0 Å². The molecule has 0 radical (unpaired) electrons. The van der Waals surface area contributed by atoms with Crippen LogP contribution in [0.2, 0.25) is 4.47 Å². The standard InChI is InChI=1S/C5H7ClN2O2S/c1-3(9)2-8-5(10)11-4(6)7-8/h3,9H,2H2,1H3. The van der Waals surface area contributed by atoms with Gasteiger partial charge in [0.15, 0.2) is 0 Å². The van der Waals surface area contributed by atoms with E-state index >= 15 is 0 Å². The van der Waals surface area contributed by atoms with Crippen molar-refractivity contribution in [3.05, 3.63) is 14.1 Å². The van der Waals surface area contributed by atoms with Gasteiger partial charge in [0.25, 0.3) is 0 Å². The molecule has 0 aliphatic heterocycles. The van der Waals surface area contributed by atoms with Crippen molar-refractivity contribution in [2.24, 2.45) is 0 Å². The number of halogens is 1. The third kappa shape index (κ3) is 2.28. The maximum atomic E-state index is 10.9. The Balaban J connectivity index is 2.86. The maximum Gasteiger partial charge on any atom is 0.326 e. The molecule has 1 N–H and O–H groups in total. The maximum absolute atomic E-state index is 10.9. The van der Waals surface area contributed by atoms with Crippen LogP contribution in [0, 0.1) is 0 Å². The van der Waals surface area contributed by atoms with E-state index in [-0.39, 0.29) is 15.9 Å². The normalized spacial score (nSPS) is 13.4. The molecule has 0 aliphatic rings. The Labute approximate surface area is 72.0 Å². The largest absolute Gasteiger partial charge is 0.391 e. The van der Waals surface area contributed by atoms with E-state index in [1.54, 1.807) is 6.92 Å². The molecule has 0 amide bonds. The zero-order valence-electron chi connectivity index (χ0n) is 5.82. The summed E-state index contributed by atoms with van der Waals surface area (Å²) in [6.45, 7) is 1.78. The second-order valence-corrected chi connectivity index (χ2v) is 3.67. The van der Waals surface area contributed by atoms with Gasteiger partial charge in [0.1, 0.15) is 0 Å². The van der Waals surface area contributed by atoms with Crippen molar-refractivity contribution >= 4 is 22.9 Å². The van der Waals surface area contributed by atoms with Crippen molar-refractivity contribution in [3.63, 3.8) is 0 Å². The molecule has 0 fully saturated rings. The van der Waals surface area contributed by atoms with Gasteiger partial charge in [0.05, 0.1) is 12.6 Å². The number of aliphatic hydroxyl groups excluding tert-OH is 1. The molecule has 0 spiro atoms. The average molecular weight is 195 g/mol. The van der Waals surface area contributed by atoms with Crippen LogP contribution in [-0.4, -0.2) is 21.0 Å². The number of rotatable bonds is 2. The highest BCUT2D eigenvalue weighted by molar-refractivity contribution is 7.13. The van der Waals surface area contributed by atoms with Gasteiger partial charge in [-0.1, -0.05) is 0 Å². The molecule has 0 saturated carbocycles. The quantitative estimate of drug-likeness (QED) is 0.739. The van der Waals surface area contributed by atoms with E-state index in [1.807, 2.05) is 0 Å². The molecule has 1 rings (SSSR count). The summed E-state index contributed by atoms with van der Waals surface area (Å²) in [4.78, 5) is 10.7. The average Bonchev–Trinajstić information content (AvgIpc) is 2.09. The van der Waals surface area contributed by atoms with Crippen molar-refractivity contribution in [2.75, 3.05) is 0 Å². The Bertz CT molecular complexity index is 293. The number of aromatic nitrogens is 2. The third-order valence-corrected chi connectivity index (χ3v) is 1.96. The van der Waals surface area contributed by atoms with Crippen LogP contribution in [0.4, 0.5) is 0 Å². The van der Waals surface area contributed by atoms with Gasteiger partial charge in [-0.05, 0) is 29.9 Å². The molecule has 1 unspecified atom stereocenters. The van der Waals surface area contributed by atoms with E-state index in [9.17, 15) is 4.79 Å². The molecule has 6 heteroatoms. The highest BCUT2D eigenvalue weighted by Crippen LogP contribution is 2.05. The van der Waals surface area contributed by atoms with Crippen LogP contribution in [0.1, 0.15) is 6.92 Å². The van der Waals surface area contributed by atoms with Crippen molar-refractivity contribution in [2.45, 2.75) is 19.6 Å². The molecule has 0 bridgehead atoms. The summed E-state index contributed by atoms with van der Waals surface area (Å²) in [6.07, 6.45) is -0.578. The van der Waals surface area contributed by atoms with E-state index in [2.05, 4.69) is 5.10 Å². The van der Waals surface area contributed by atoms with Gasteiger partial charge in [0, 0.05) is 0 Å². The van der Waals surface area contributed by atoms with E-state index < -0.39 is 6.10 Å². The van der Waals surface area contributed by atoms with Gasteiger partial charge in [-0.15, -0.1) is 5.10 Å². The van der Waals surface area contributed by atoms with Gasteiger partial charge < -0.3 is 5.11 Å². The fourth-order valence-electron chi connectivity index (χ4n) is 0.647. The second-order valence-electron chi connectivity index (χ2n) is 2.15. The minimum atomic E-state index is -0.578. The lowest BCUT2D eigenvalue weighted by atomic mass is 10.4. The Hall–Kier alpha value is -0.390. The number of nitrogens with zero attached hydrogens (tertiary/aromatic N) is 2. The fraction of sp³-hybridized carbons (Fsp3) is 0.600. The van der Waals surface area contributed by atoms with Crippen LogP contribution in [0.15, 0.2) is 4.79 Å². The lowest BCUT2D eigenvalue weighted by Gasteiger charge is -2.00. The van der Waals surface area contributed by atoms with Crippen molar-refractivity contribution < 1.29 is 5.11 Å². The summed E-state index contributed by atoms with van der Waals surface area (Å²) < 4.78 is 1.35. The molecular weight excluding hydrogens is 188 g/mol. The third-order valence-electron chi connectivity index (χ3n) is 1.02. The number of aliphatic hydroxyl groups is 1. The highest BCUT2D eigenvalue weighted by Gasteiger charge is 2.05. The summed E-state index contributed by atoms with van der Waals surface area (Å²) in [5.74, 6) is 0. The number of hydrogen-bond acceptors (Lipinski definition) is 4. The molecule has 1 atom stereocenters. The van der Waals surface area contributed by atoms with Crippen LogP contribution in [0.3, 0.4) is 0 Å². The van der Waals surface area contributed by atoms with E-state index in [4.69, 9.17) is 16.7 Å². The molecular formula is C5H7ClN2O2S. The van der Waals surface area contributed by atoms with Crippen LogP contribution in [-0.2, 0) is 6.54 Å². The summed E-state index contributed by atoms with van der Waals surface area (Å²) >= 11 is 6.32. The first-order valence-electron chi connectivity index (χ1n) is 3.01. The Morgan fingerprint density at radius 1 is 1.91 bits per heavy atom. The monoisotopic (exact) mass is 194 g/mol. The molecule has 62 valence electrons. The molecule has 1 aromatic heterocycles. The lowest BCUT2D eigenvalue weighted by molar-refractivity contribution is 0.167. The predicted octanol–water partition coefficient (Wildman–Crippen LogP) is 0.339. The minimum Gasteiger partial charge on any atom is -0.391 e. The number of hydrogen-bond donors (Lipinski definition) is 1. The fourth-order valence-corrected chi connectivity index (χ4v) is 1.44. The Morgan fingerprint density at radius 2 is 2.55 bits per heavy atom. The van der Waals surface area contributed by atoms with Gasteiger partial charge in [0.2, 0.25) is 4.47 Å². The molecule has 11 heavy (non-hydrogen) atoms. The zero-order valence-corrected chi connectivity index (χ0v) is 7.39. The van der Waals surface area contributed by atoms with Crippen molar-refractivity contribution in [1.29, 1.82) is 0 Å². The SMILES string of the molecule is CC(O)Cn1nc(Cl)sc1=O. The Kier molecular flexibility index (Phi) is 2.64. The van der Waals surface area contributed by atoms with Crippen LogP contribution >= 0.6 is 22.9 Å². The molecule has 0 aliphatic carbocycles. The molecule has 4 nitrogen and oxygen atoms in total. The van der Waals surface area contributed by atoms with Crippen LogP contribution in [0.5, 0.6) is 0 Å². The highest BCUT2D eigenvalue weighted by atomic mass is 35.5. The minimum absolute atomic E-state index is 0.196. The first kappa shape index (κ1) is 8.70. The van der Waals surface area contributed by atoms with E-state index in [0.717, 1.165) is 16.0 Å². The Morgan fingerprint density at radius 3 is 2.91 bits per heavy atom. The summed E-state index contributed by atoms with van der Waals surface area (Å²) in [5, 5.41) is 12.6. The van der Waals surface area contributed by atoms with E-state index in [1.165, 1.54) is 0 Å². The summed E-state index contributed by atoms with van der Waals surface area (Å²) in [5.41, 5.74) is 0. The topological polar surface area (TPSA) is 55.1 Å². The van der Waals surface area contributed by atoms with Gasteiger partial charge in [-0.3, -0.25) is 4.79 Å².